The van der Waals surface area contributed by atoms with Crippen LogP contribution in [0.4, 0.5) is 0 Å². The third-order valence-electron chi connectivity index (χ3n) is 6.39. The summed E-state index contributed by atoms with van der Waals surface area (Å²) >= 11 is 0. The fraction of sp³-hybridized carbons (Fsp3) is 0.950. The second kappa shape index (κ2) is 9.33. The lowest BCUT2D eigenvalue weighted by atomic mass is 9.90. The molecule has 0 aromatic carbocycles. The lowest BCUT2D eigenvalue weighted by Crippen LogP contribution is -2.57. The maximum absolute atomic E-state index is 13.4. The fourth-order valence-corrected chi connectivity index (χ4v) is 4.39. The minimum absolute atomic E-state index is 0.0508. The number of ether oxygens (including phenoxy) is 1. The van der Waals surface area contributed by atoms with E-state index in [0.29, 0.717) is 17.9 Å². The summed E-state index contributed by atoms with van der Waals surface area (Å²) in [7, 11) is 0. The number of nitrogens with one attached hydrogen (secondary N) is 1. The average molecular weight is 352 g/mol. The number of piperidine rings is 1. The molecule has 2 aliphatic heterocycles. The summed E-state index contributed by atoms with van der Waals surface area (Å²) < 4.78 is 5.51. The average Bonchev–Trinajstić information content (AvgIpc) is 3.49. The van der Waals surface area contributed by atoms with Crippen LogP contribution in [0.25, 0.3) is 0 Å². The molecule has 0 radical (unpaired) electrons. The number of hydrogen-bond donors (Lipinski definition) is 1. The summed E-state index contributed by atoms with van der Waals surface area (Å²) in [6.45, 7) is 10.8. The molecule has 1 unspecified atom stereocenters. The third-order valence-corrected chi connectivity index (χ3v) is 6.39. The Morgan fingerprint density at radius 2 is 1.68 bits per heavy atom. The van der Waals surface area contributed by atoms with Crippen LogP contribution < -0.4 is 5.32 Å². The lowest BCUT2D eigenvalue weighted by molar-refractivity contribution is -0.142. The molecule has 0 aromatic rings. The second-order valence-corrected chi connectivity index (χ2v) is 8.12. The Balaban J connectivity index is 1.55. The molecule has 5 nitrogen and oxygen atoms in total. The highest BCUT2D eigenvalue weighted by atomic mass is 16.5. The monoisotopic (exact) mass is 351 g/mol. The van der Waals surface area contributed by atoms with E-state index in [1.807, 2.05) is 0 Å². The van der Waals surface area contributed by atoms with Crippen molar-refractivity contribution in [3.8, 4) is 0 Å². The maximum Gasteiger partial charge on any atom is 0.240 e. The number of amides is 1. The molecule has 25 heavy (non-hydrogen) atoms. The highest BCUT2D eigenvalue weighted by Crippen LogP contribution is 2.28. The Morgan fingerprint density at radius 1 is 1.04 bits per heavy atom. The Labute approximate surface area is 153 Å². The highest BCUT2D eigenvalue weighted by molar-refractivity contribution is 5.82. The molecular formula is C20H37N3O2. The molecule has 3 fully saturated rings. The van der Waals surface area contributed by atoms with Gasteiger partial charge in [-0.2, -0.15) is 0 Å². The number of nitrogens with zero attached hydrogens (tertiary/aromatic N) is 2. The molecule has 3 rings (SSSR count). The van der Waals surface area contributed by atoms with Gasteiger partial charge < -0.3 is 15.0 Å². The molecule has 3 aliphatic rings. The molecule has 1 amide bonds. The van der Waals surface area contributed by atoms with Gasteiger partial charge in [0, 0.05) is 32.2 Å². The zero-order valence-corrected chi connectivity index (χ0v) is 16.2. The minimum atomic E-state index is 0.0508. The van der Waals surface area contributed by atoms with Crippen LogP contribution in [0.1, 0.15) is 52.4 Å². The molecule has 1 aliphatic carbocycles. The van der Waals surface area contributed by atoms with E-state index in [-0.39, 0.29) is 6.04 Å². The van der Waals surface area contributed by atoms with E-state index in [1.165, 1.54) is 19.4 Å². The predicted octanol–water partition coefficient (Wildman–Crippen LogP) is 2.11. The van der Waals surface area contributed by atoms with Gasteiger partial charge in [0.1, 0.15) is 0 Å². The topological polar surface area (TPSA) is 44.8 Å². The van der Waals surface area contributed by atoms with E-state index in [9.17, 15) is 4.79 Å². The molecule has 0 spiro atoms. The van der Waals surface area contributed by atoms with Crippen molar-refractivity contribution < 1.29 is 9.53 Å². The first kappa shape index (κ1) is 19.1. The molecule has 1 atom stereocenters. The number of morpholine rings is 1. The van der Waals surface area contributed by atoms with Crippen molar-refractivity contribution >= 4 is 5.91 Å². The van der Waals surface area contributed by atoms with Gasteiger partial charge >= 0.3 is 0 Å². The van der Waals surface area contributed by atoms with E-state index < -0.39 is 0 Å². The minimum Gasteiger partial charge on any atom is -0.379 e. The summed E-state index contributed by atoms with van der Waals surface area (Å²) in [4.78, 5) is 17.9. The first-order valence-electron chi connectivity index (χ1n) is 10.6. The predicted molar refractivity (Wildman–Crippen MR) is 101 cm³/mol. The SMILES string of the molecule is CCC(CC)C(C(=O)N1CCC(NCC2CC2)CC1)N1CCOCC1. The van der Waals surface area contributed by atoms with Crippen LogP contribution in [-0.2, 0) is 9.53 Å². The molecule has 144 valence electrons. The van der Waals surface area contributed by atoms with Crippen LogP contribution in [0.15, 0.2) is 0 Å². The first-order chi connectivity index (χ1) is 12.2. The second-order valence-electron chi connectivity index (χ2n) is 8.12. The maximum atomic E-state index is 13.4. The molecular weight excluding hydrogens is 314 g/mol. The number of hydrogen-bond acceptors (Lipinski definition) is 4. The van der Waals surface area contributed by atoms with Crippen LogP contribution in [0.2, 0.25) is 0 Å². The Kier molecular flexibility index (Phi) is 7.14. The van der Waals surface area contributed by atoms with E-state index >= 15 is 0 Å². The molecule has 5 heteroatoms. The lowest BCUT2D eigenvalue weighted by Gasteiger charge is -2.42. The Bertz CT molecular complexity index is 409. The van der Waals surface area contributed by atoms with Crippen LogP contribution in [0, 0.1) is 11.8 Å². The normalized spacial score (nSPS) is 24.7. The van der Waals surface area contributed by atoms with Gasteiger partial charge in [-0.3, -0.25) is 9.69 Å². The van der Waals surface area contributed by atoms with E-state index in [2.05, 4.69) is 29.0 Å². The van der Waals surface area contributed by atoms with Crippen LogP contribution >= 0.6 is 0 Å². The Hall–Kier alpha value is -0.650. The summed E-state index contributed by atoms with van der Waals surface area (Å²) in [5.74, 6) is 1.76. The molecule has 1 saturated carbocycles. The van der Waals surface area contributed by atoms with Crippen LogP contribution in [0.3, 0.4) is 0 Å². The smallest absolute Gasteiger partial charge is 0.240 e. The van der Waals surface area contributed by atoms with Gasteiger partial charge in [0.25, 0.3) is 0 Å². The largest absolute Gasteiger partial charge is 0.379 e. The van der Waals surface area contributed by atoms with Crippen molar-refractivity contribution in [3.63, 3.8) is 0 Å². The molecule has 0 aromatic heterocycles. The zero-order chi connectivity index (χ0) is 17.6. The quantitative estimate of drug-likeness (QED) is 0.727. The summed E-state index contributed by atoms with van der Waals surface area (Å²) in [5, 5.41) is 3.72. The number of rotatable bonds is 8. The van der Waals surface area contributed by atoms with Gasteiger partial charge in [-0.15, -0.1) is 0 Å². The van der Waals surface area contributed by atoms with E-state index in [4.69, 9.17) is 4.74 Å². The molecule has 0 bridgehead atoms. The number of likely N-dealkylation sites (tertiary alicyclic amines) is 1. The van der Waals surface area contributed by atoms with E-state index in [1.54, 1.807) is 0 Å². The summed E-state index contributed by atoms with van der Waals surface area (Å²) in [5.41, 5.74) is 0. The van der Waals surface area contributed by atoms with Gasteiger partial charge in [-0.1, -0.05) is 26.7 Å². The van der Waals surface area contributed by atoms with Crippen LogP contribution in [-0.4, -0.2) is 73.7 Å². The number of carbonyl (C=O) groups is 1. The summed E-state index contributed by atoms with van der Waals surface area (Å²) in [6, 6.07) is 0.662. The first-order valence-corrected chi connectivity index (χ1v) is 10.6. The molecule has 1 N–H and O–H groups in total. The molecule has 2 saturated heterocycles. The van der Waals surface area contributed by atoms with Gasteiger partial charge in [0.05, 0.1) is 19.3 Å². The highest BCUT2D eigenvalue weighted by Gasteiger charge is 2.36. The van der Waals surface area contributed by atoms with Crippen molar-refractivity contribution in [2.24, 2.45) is 11.8 Å². The standard InChI is InChI=1S/C20H37N3O2/c1-3-17(4-2)19(22-11-13-25-14-12-22)20(24)23-9-7-18(8-10-23)21-15-16-5-6-16/h16-19,21H,3-15H2,1-2H3. The molecule has 2 heterocycles. The summed E-state index contributed by atoms with van der Waals surface area (Å²) in [6.07, 6.45) is 7.17. The van der Waals surface area contributed by atoms with Crippen molar-refractivity contribution in [1.29, 1.82) is 0 Å². The Morgan fingerprint density at radius 3 is 2.24 bits per heavy atom. The van der Waals surface area contributed by atoms with Gasteiger partial charge in [0.2, 0.25) is 5.91 Å². The van der Waals surface area contributed by atoms with Crippen molar-refractivity contribution in [3.05, 3.63) is 0 Å². The van der Waals surface area contributed by atoms with Crippen molar-refractivity contribution in [1.82, 2.24) is 15.1 Å². The van der Waals surface area contributed by atoms with Crippen molar-refractivity contribution in [2.75, 3.05) is 45.9 Å². The van der Waals surface area contributed by atoms with E-state index in [0.717, 1.165) is 71.0 Å². The third kappa shape index (κ3) is 5.18. The number of carbonyl (C=O) groups excluding carboxylic acids is 1. The van der Waals surface area contributed by atoms with Gasteiger partial charge in [-0.05, 0) is 44.1 Å². The van der Waals surface area contributed by atoms with Crippen molar-refractivity contribution in [2.45, 2.75) is 64.5 Å². The zero-order valence-electron chi connectivity index (χ0n) is 16.2. The van der Waals surface area contributed by atoms with Gasteiger partial charge in [0.15, 0.2) is 0 Å². The van der Waals surface area contributed by atoms with Gasteiger partial charge in [-0.25, -0.2) is 0 Å². The van der Waals surface area contributed by atoms with Crippen LogP contribution in [0.5, 0.6) is 0 Å². The fourth-order valence-electron chi connectivity index (χ4n) is 4.39.